The van der Waals surface area contributed by atoms with Gasteiger partial charge in [0.15, 0.2) is 5.78 Å². The van der Waals surface area contributed by atoms with E-state index in [1.807, 2.05) is 75.4 Å². The van der Waals surface area contributed by atoms with Crippen LogP contribution in [0.3, 0.4) is 0 Å². The number of carbonyl (C=O) groups is 3. The maximum Gasteiger partial charge on any atom is 0.325 e. The number of Topliss-reactive ketones (excluding diaryl/α,β-unsaturated/α-hetero) is 1. The number of fused-ring (bicyclic) bond motifs is 1. The number of imide groups is 1. The summed E-state index contributed by atoms with van der Waals surface area (Å²) in [6.07, 6.45) is 0. The number of hydrogen-bond donors (Lipinski definition) is 1. The second-order valence-corrected chi connectivity index (χ2v) is 8.18. The number of rotatable bonds is 4. The van der Waals surface area contributed by atoms with Crippen LogP contribution in [0, 0.1) is 20.8 Å². The number of nitrogens with one attached hydrogen (secondary N) is 1. The van der Waals surface area contributed by atoms with Gasteiger partial charge in [-0.1, -0.05) is 42.5 Å². The van der Waals surface area contributed by atoms with E-state index in [9.17, 15) is 14.4 Å². The Balaban J connectivity index is 1.63. The summed E-state index contributed by atoms with van der Waals surface area (Å²) in [6.45, 7) is 7.20. The Hall–Kier alpha value is -3.47. The molecule has 30 heavy (non-hydrogen) atoms. The second-order valence-electron chi connectivity index (χ2n) is 8.18. The maximum absolute atomic E-state index is 13.2. The third kappa shape index (κ3) is 3.16. The number of benzene rings is 3. The predicted octanol–water partition coefficient (Wildman–Crippen LogP) is 4.41. The van der Waals surface area contributed by atoms with Gasteiger partial charge < -0.3 is 5.32 Å². The van der Waals surface area contributed by atoms with Gasteiger partial charge in [-0.25, -0.2) is 4.79 Å². The average Bonchev–Trinajstić information content (AvgIpc) is 2.94. The van der Waals surface area contributed by atoms with Crippen LogP contribution >= 0.6 is 0 Å². The highest BCUT2D eigenvalue weighted by Gasteiger charge is 2.49. The first kappa shape index (κ1) is 19.8. The molecule has 5 heteroatoms. The van der Waals surface area contributed by atoms with E-state index in [2.05, 4.69) is 5.32 Å². The van der Waals surface area contributed by atoms with Crippen LogP contribution in [0.15, 0.2) is 54.6 Å². The van der Waals surface area contributed by atoms with Crippen molar-refractivity contribution in [3.05, 3.63) is 82.4 Å². The Labute approximate surface area is 175 Å². The first-order valence-electron chi connectivity index (χ1n) is 9.95. The van der Waals surface area contributed by atoms with Crippen molar-refractivity contribution in [3.63, 3.8) is 0 Å². The van der Waals surface area contributed by atoms with Crippen LogP contribution in [0.5, 0.6) is 0 Å². The number of carbonyl (C=O) groups excluding carboxylic acids is 3. The van der Waals surface area contributed by atoms with E-state index in [4.69, 9.17) is 0 Å². The van der Waals surface area contributed by atoms with Gasteiger partial charge in [0.05, 0.1) is 6.54 Å². The monoisotopic (exact) mass is 400 g/mol. The summed E-state index contributed by atoms with van der Waals surface area (Å²) in [6, 6.07) is 16.8. The van der Waals surface area contributed by atoms with Crippen LogP contribution in [0.25, 0.3) is 10.8 Å². The molecule has 1 saturated heterocycles. The minimum absolute atomic E-state index is 0.248. The van der Waals surface area contributed by atoms with E-state index in [1.54, 1.807) is 6.92 Å². The summed E-state index contributed by atoms with van der Waals surface area (Å²) < 4.78 is 0. The first-order chi connectivity index (χ1) is 14.2. The lowest BCUT2D eigenvalue weighted by molar-refractivity contribution is -0.130. The van der Waals surface area contributed by atoms with Gasteiger partial charge in [-0.2, -0.15) is 0 Å². The van der Waals surface area contributed by atoms with Gasteiger partial charge in [0.25, 0.3) is 5.91 Å². The van der Waals surface area contributed by atoms with Gasteiger partial charge in [0.1, 0.15) is 5.54 Å². The van der Waals surface area contributed by atoms with E-state index in [1.165, 1.54) is 0 Å². The highest BCUT2D eigenvalue weighted by molar-refractivity contribution is 6.11. The summed E-state index contributed by atoms with van der Waals surface area (Å²) in [5.74, 6) is -0.667. The van der Waals surface area contributed by atoms with Crippen molar-refractivity contribution < 1.29 is 14.4 Å². The fourth-order valence-electron chi connectivity index (χ4n) is 4.03. The number of amides is 3. The molecular weight excluding hydrogens is 376 g/mol. The van der Waals surface area contributed by atoms with Gasteiger partial charge in [0.2, 0.25) is 0 Å². The molecule has 0 bridgehead atoms. The molecule has 0 aromatic heterocycles. The van der Waals surface area contributed by atoms with E-state index < -0.39 is 17.5 Å². The standard InChI is InChI=1S/C25H24N2O3/c1-15-11-17(3)21(12-16(15)2)22(28)14-27-23(29)25(4,26-24(27)30)20-10-9-18-7-5-6-8-19(18)13-20/h5-13H,14H2,1-4H3,(H,26,30)/t25-/m1/s1. The number of ketones is 1. The molecule has 3 aromatic carbocycles. The zero-order valence-electron chi connectivity index (χ0n) is 17.6. The quantitative estimate of drug-likeness (QED) is 0.521. The zero-order chi connectivity index (χ0) is 21.6. The van der Waals surface area contributed by atoms with E-state index in [-0.39, 0.29) is 12.3 Å². The minimum atomic E-state index is -1.21. The maximum atomic E-state index is 13.2. The van der Waals surface area contributed by atoms with E-state index >= 15 is 0 Å². The topological polar surface area (TPSA) is 66.5 Å². The summed E-state index contributed by atoms with van der Waals surface area (Å²) in [5, 5.41) is 4.83. The molecule has 1 heterocycles. The fourth-order valence-corrected chi connectivity index (χ4v) is 4.03. The molecule has 0 aliphatic carbocycles. The van der Waals surface area contributed by atoms with Crippen molar-refractivity contribution in [2.45, 2.75) is 33.2 Å². The van der Waals surface area contributed by atoms with Crippen LogP contribution in [0.2, 0.25) is 0 Å². The molecule has 3 amide bonds. The second kappa shape index (κ2) is 7.10. The van der Waals surface area contributed by atoms with Gasteiger partial charge >= 0.3 is 6.03 Å². The third-order valence-electron chi connectivity index (χ3n) is 6.04. The highest BCUT2D eigenvalue weighted by Crippen LogP contribution is 2.31. The van der Waals surface area contributed by atoms with Crippen molar-refractivity contribution in [3.8, 4) is 0 Å². The number of urea groups is 1. The molecular formula is C25H24N2O3. The molecule has 152 valence electrons. The number of hydrogen-bond acceptors (Lipinski definition) is 3. The van der Waals surface area contributed by atoms with Crippen molar-refractivity contribution in [1.82, 2.24) is 10.2 Å². The lowest BCUT2D eigenvalue weighted by Gasteiger charge is -2.22. The van der Waals surface area contributed by atoms with Gasteiger partial charge in [-0.15, -0.1) is 0 Å². The molecule has 1 fully saturated rings. The van der Waals surface area contributed by atoms with Crippen LogP contribution in [0.4, 0.5) is 4.79 Å². The molecule has 1 aliphatic rings. The van der Waals surface area contributed by atoms with E-state index in [0.29, 0.717) is 11.1 Å². The van der Waals surface area contributed by atoms with Crippen LogP contribution < -0.4 is 5.32 Å². The summed E-state index contributed by atoms with van der Waals surface area (Å²) in [5.41, 5.74) is 2.96. The average molecular weight is 400 g/mol. The first-order valence-corrected chi connectivity index (χ1v) is 9.95. The highest BCUT2D eigenvalue weighted by atomic mass is 16.2. The Morgan fingerprint density at radius 2 is 1.57 bits per heavy atom. The summed E-state index contributed by atoms with van der Waals surface area (Å²) in [7, 11) is 0. The van der Waals surface area contributed by atoms with E-state index in [0.717, 1.165) is 32.4 Å². The van der Waals surface area contributed by atoms with Crippen molar-refractivity contribution >= 4 is 28.5 Å². The molecule has 1 N–H and O–H groups in total. The SMILES string of the molecule is Cc1cc(C)c(C(=O)CN2C(=O)N[C@](C)(c3ccc4ccccc4c3)C2=O)cc1C. The molecule has 3 aromatic rings. The molecule has 0 unspecified atom stereocenters. The summed E-state index contributed by atoms with van der Waals surface area (Å²) >= 11 is 0. The van der Waals surface area contributed by atoms with Crippen LogP contribution in [-0.4, -0.2) is 29.2 Å². The number of aryl methyl sites for hydroxylation is 3. The lowest BCUT2D eigenvalue weighted by Crippen LogP contribution is -2.41. The molecule has 5 nitrogen and oxygen atoms in total. The van der Waals surface area contributed by atoms with Crippen molar-refractivity contribution in [2.75, 3.05) is 6.54 Å². The molecule has 1 aliphatic heterocycles. The van der Waals surface area contributed by atoms with Gasteiger partial charge in [-0.3, -0.25) is 14.5 Å². The van der Waals surface area contributed by atoms with Gasteiger partial charge in [0, 0.05) is 5.56 Å². The molecule has 0 radical (unpaired) electrons. The fraction of sp³-hybridized carbons (Fsp3) is 0.240. The zero-order valence-corrected chi connectivity index (χ0v) is 17.6. The summed E-state index contributed by atoms with van der Waals surface area (Å²) in [4.78, 5) is 39.8. The van der Waals surface area contributed by atoms with Crippen LogP contribution in [0.1, 0.15) is 39.5 Å². The largest absolute Gasteiger partial charge is 0.325 e. The Morgan fingerprint density at radius 1 is 0.900 bits per heavy atom. The predicted molar refractivity (Wildman–Crippen MR) is 117 cm³/mol. The minimum Gasteiger partial charge on any atom is -0.319 e. The van der Waals surface area contributed by atoms with Crippen LogP contribution in [-0.2, 0) is 10.3 Å². The Kier molecular flexibility index (Phi) is 4.69. The van der Waals surface area contributed by atoms with Gasteiger partial charge in [-0.05, 0) is 72.9 Å². The molecule has 0 spiro atoms. The molecule has 0 saturated carbocycles. The Morgan fingerprint density at radius 3 is 2.30 bits per heavy atom. The normalized spacial score (nSPS) is 18.7. The van der Waals surface area contributed by atoms with Crippen molar-refractivity contribution in [2.24, 2.45) is 0 Å². The molecule has 4 rings (SSSR count). The Bertz CT molecular complexity index is 1210. The lowest BCUT2D eigenvalue weighted by atomic mass is 9.90. The van der Waals surface area contributed by atoms with Crippen molar-refractivity contribution in [1.29, 1.82) is 0 Å². The number of nitrogens with zero attached hydrogens (tertiary/aromatic N) is 1. The smallest absolute Gasteiger partial charge is 0.319 e. The third-order valence-corrected chi connectivity index (χ3v) is 6.04. The molecule has 1 atom stereocenters.